The predicted molar refractivity (Wildman–Crippen MR) is 225 cm³/mol. The molecule has 0 unspecified atom stereocenters. The molecule has 0 N–H and O–H groups in total. The zero-order valence-corrected chi connectivity index (χ0v) is 29.1. The molecule has 2 heteroatoms. The summed E-state index contributed by atoms with van der Waals surface area (Å²) in [6.07, 6.45) is 6.73. The summed E-state index contributed by atoms with van der Waals surface area (Å²) in [4.78, 5) is 5.33. The minimum Gasteiger partial charge on any atom is -0.309 e. The molecule has 0 saturated carbocycles. The van der Waals surface area contributed by atoms with Crippen molar-refractivity contribution in [2.45, 2.75) is 12.8 Å². The van der Waals surface area contributed by atoms with Gasteiger partial charge in [0.2, 0.25) is 0 Å². The lowest BCUT2D eigenvalue weighted by Crippen LogP contribution is -1.97. The van der Waals surface area contributed by atoms with E-state index in [0.29, 0.717) is 0 Å². The molecule has 248 valence electrons. The number of allylic oxidation sites excluding steroid dienone is 1. The van der Waals surface area contributed by atoms with E-state index in [4.69, 9.17) is 4.98 Å². The van der Waals surface area contributed by atoms with Crippen molar-refractivity contribution in [3.05, 3.63) is 187 Å². The lowest BCUT2D eigenvalue weighted by atomic mass is 9.92. The van der Waals surface area contributed by atoms with Crippen molar-refractivity contribution in [3.63, 3.8) is 0 Å². The SMILES string of the molecule is C1=Cc2ccc3c(c2CC1)c1c2ccccc2ccc1n3-c1cccc(-c2cc(-c3ccc4ccccc4c3)nc(-c3ccc4ccccc4c3)c2)c1. The molecular formula is C51H34N2. The summed E-state index contributed by atoms with van der Waals surface area (Å²) >= 11 is 0. The van der Waals surface area contributed by atoms with Gasteiger partial charge >= 0.3 is 0 Å². The van der Waals surface area contributed by atoms with Crippen molar-refractivity contribution in [3.8, 4) is 39.3 Å². The second-order valence-electron chi connectivity index (χ2n) is 14.3. The van der Waals surface area contributed by atoms with Gasteiger partial charge in [0.15, 0.2) is 0 Å². The summed E-state index contributed by atoms with van der Waals surface area (Å²) in [5, 5.41) is 10.2. The molecule has 8 aromatic carbocycles. The Morgan fingerprint density at radius 3 is 1.79 bits per heavy atom. The van der Waals surface area contributed by atoms with Gasteiger partial charge < -0.3 is 4.57 Å². The fourth-order valence-corrected chi connectivity index (χ4v) is 8.61. The zero-order valence-electron chi connectivity index (χ0n) is 29.1. The molecule has 2 aromatic heterocycles. The number of aromatic nitrogens is 2. The summed E-state index contributed by atoms with van der Waals surface area (Å²) < 4.78 is 2.48. The summed E-state index contributed by atoms with van der Waals surface area (Å²) in [6, 6.07) is 62.1. The molecule has 1 aliphatic rings. The van der Waals surface area contributed by atoms with Crippen LogP contribution in [0.2, 0.25) is 0 Å². The van der Waals surface area contributed by atoms with Crippen LogP contribution >= 0.6 is 0 Å². The van der Waals surface area contributed by atoms with Crippen LogP contribution in [-0.2, 0) is 6.42 Å². The summed E-state index contributed by atoms with van der Waals surface area (Å²) in [6.45, 7) is 0. The Labute approximate surface area is 307 Å². The average molecular weight is 675 g/mol. The highest BCUT2D eigenvalue weighted by Crippen LogP contribution is 2.42. The van der Waals surface area contributed by atoms with Gasteiger partial charge in [0.05, 0.1) is 22.4 Å². The number of fused-ring (bicyclic) bond motifs is 9. The average Bonchev–Trinajstić information content (AvgIpc) is 3.59. The second kappa shape index (κ2) is 11.9. The van der Waals surface area contributed by atoms with Gasteiger partial charge in [-0.3, -0.25) is 0 Å². The van der Waals surface area contributed by atoms with Crippen molar-refractivity contribution in [1.82, 2.24) is 9.55 Å². The molecular weight excluding hydrogens is 641 g/mol. The second-order valence-corrected chi connectivity index (χ2v) is 14.3. The third kappa shape index (κ3) is 4.91. The van der Waals surface area contributed by atoms with Crippen LogP contribution in [0.5, 0.6) is 0 Å². The highest BCUT2D eigenvalue weighted by molar-refractivity contribution is 6.22. The Kier molecular flexibility index (Phi) is 6.72. The van der Waals surface area contributed by atoms with Crippen LogP contribution in [0.3, 0.4) is 0 Å². The van der Waals surface area contributed by atoms with E-state index in [0.717, 1.165) is 52.2 Å². The first-order chi connectivity index (χ1) is 26.2. The molecule has 0 saturated heterocycles. The molecule has 10 aromatic rings. The first kappa shape index (κ1) is 29.9. The van der Waals surface area contributed by atoms with Gasteiger partial charge in [-0.05, 0) is 116 Å². The maximum absolute atomic E-state index is 5.33. The van der Waals surface area contributed by atoms with Gasteiger partial charge in [0, 0.05) is 27.6 Å². The topological polar surface area (TPSA) is 17.8 Å². The minimum absolute atomic E-state index is 0.963. The van der Waals surface area contributed by atoms with Crippen molar-refractivity contribution in [1.29, 1.82) is 0 Å². The molecule has 0 spiro atoms. The van der Waals surface area contributed by atoms with Gasteiger partial charge in [-0.25, -0.2) is 4.98 Å². The molecule has 1 aliphatic carbocycles. The summed E-state index contributed by atoms with van der Waals surface area (Å²) in [5.41, 5.74) is 12.9. The Hall–Kier alpha value is -6.77. The van der Waals surface area contributed by atoms with Crippen LogP contribution in [0.4, 0.5) is 0 Å². The van der Waals surface area contributed by atoms with Gasteiger partial charge in [0.1, 0.15) is 0 Å². The predicted octanol–water partition coefficient (Wildman–Crippen LogP) is 13.6. The van der Waals surface area contributed by atoms with E-state index in [1.54, 1.807) is 0 Å². The number of pyridine rings is 1. The zero-order chi connectivity index (χ0) is 34.9. The van der Waals surface area contributed by atoms with Crippen molar-refractivity contribution in [2.75, 3.05) is 0 Å². The monoisotopic (exact) mass is 674 g/mol. The Bertz CT molecular complexity index is 3030. The van der Waals surface area contributed by atoms with Crippen LogP contribution in [-0.4, -0.2) is 9.55 Å². The third-order valence-electron chi connectivity index (χ3n) is 11.2. The fourth-order valence-electron chi connectivity index (χ4n) is 8.61. The van der Waals surface area contributed by atoms with Crippen LogP contribution < -0.4 is 0 Å². The lowest BCUT2D eigenvalue weighted by molar-refractivity contribution is 0.997. The smallest absolute Gasteiger partial charge is 0.0715 e. The number of benzene rings is 8. The van der Waals surface area contributed by atoms with Gasteiger partial charge in [-0.2, -0.15) is 0 Å². The fraction of sp³-hybridized carbons (Fsp3) is 0.0392. The molecule has 0 atom stereocenters. The molecule has 0 bridgehead atoms. The van der Waals surface area contributed by atoms with Crippen LogP contribution in [0.15, 0.2) is 176 Å². The molecule has 53 heavy (non-hydrogen) atoms. The Morgan fingerprint density at radius 1 is 0.434 bits per heavy atom. The largest absolute Gasteiger partial charge is 0.309 e. The van der Waals surface area contributed by atoms with Crippen molar-refractivity contribution in [2.24, 2.45) is 0 Å². The van der Waals surface area contributed by atoms with Gasteiger partial charge in [-0.1, -0.05) is 133 Å². The summed E-state index contributed by atoms with van der Waals surface area (Å²) in [7, 11) is 0. The number of hydrogen-bond acceptors (Lipinski definition) is 1. The van der Waals surface area contributed by atoms with E-state index in [-0.39, 0.29) is 0 Å². The van der Waals surface area contributed by atoms with Crippen LogP contribution in [0, 0.1) is 0 Å². The van der Waals surface area contributed by atoms with E-state index >= 15 is 0 Å². The maximum atomic E-state index is 5.33. The molecule has 0 aliphatic heterocycles. The number of hydrogen-bond donors (Lipinski definition) is 0. The minimum atomic E-state index is 0.963. The molecule has 0 amide bonds. The molecule has 0 fully saturated rings. The maximum Gasteiger partial charge on any atom is 0.0715 e. The third-order valence-corrected chi connectivity index (χ3v) is 11.2. The first-order valence-corrected chi connectivity index (χ1v) is 18.5. The highest BCUT2D eigenvalue weighted by atomic mass is 15.0. The van der Waals surface area contributed by atoms with Crippen LogP contribution in [0.25, 0.3) is 99.5 Å². The van der Waals surface area contributed by atoms with E-state index in [9.17, 15) is 0 Å². The van der Waals surface area contributed by atoms with Crippen molar-refractivity contribution < 1.29 is 0 Å². The Morgan fingerprint density at radius 2 is 1.06 bits per heavy atom. The molecule has 0 radical (unpaired) electrons. The van der Waals surface area contributed by atoms with Gasteiger partial charge in [-0.15, -0.1) is 0 Å². The Balaban J connectivity index is 1.14. The highest BCUT2D eigenvalue weighted by Gasteiger charge is 2.20. The van der Waals surface area contributed by atoms with E-state index in [2.05, 4.69) is 187 Å². The molecule has 11 rings (SSSR count). The van der Waals surface area contributed by atoms with E-state index in [1.165, 1.54) is 65.3 Å². The van der Waals surface area contributed by atoms with Crippen molar-refractivity contribution >= 4 is 60.2 Å². The number of rotatable bonds is 4. The van der Waals surface area contributed by atoms with E-state index < -0.39 is 0 Å². The first-order valence-electron chi connectivity index (χ1n) is 18.5. The van der Waals surface area contributed by atoms with E-state index in [1.807, 2.05) is 0 Å². The quantitative estimate of drug-likeness (QED) is 0.182. The number of aryl methyl sites for hydroxylation is 1. The standard InChI is InChI=1S/C51H34N2/c1-3-14-37-28-40(22-20-33(37)10-1)46-31-42(32-47(52-46)41-23-21-34-11-2-4-15-38(34)29-41)39-16-9-17-43(30-39)53-48-26-24-35-12-5-7-18-44(35)50(48)51-45-19-8-6-13-36(45)25-27-49(51)53/h1-7,9-18,20-32H,8,19H2. The normalized spacial score (nSPS) is 12.7. The lowest BCUT2D eigenvalue weighted by Gasteiger charge is -2.15. The molecule has 2 heterocycles. The van der Waals surface area contributed by atoms with Gasteiger partial charge in [0.25, 0.3) is 0 Å². The number of nitrogens with zero attached hydrogens (tertiary/aromatic N) is 2. The van der Waals surface area contributed by atoms with Crippen LogP contribution in [0.1, 0.15) is 17.5 Å². The summed E-state index contributed by atoms with van der Waals surface area (Å²) in [5.74, 6) is 0. The molecule has 2 nitrogen and oxygen atoms in total.